The molecule has 0 aliphatic heterocycles. The molecule has 0 unspecified atom stereocenters. The van der Waals surface area contributed by atoms with Gasteiger partial charge in [0.15, 0.2) is 0 Å². The lowest BCUT2D eigenvalue weighted by Gasteiger charge is -2.21. The summed E-state index contributed by atoms with van der Waals surface area (Å²) >= 11 is 0. The summed E-state index contributed by atoms with van der Waals surface area (Å²) in [4.78, 5) is 22.0. The lowest BCUT2D eigenvalue weighted by Crippen LogP contribution is -2.34. The van der Waals surface area contributed by atoms with Crippen molar-refractivity contribution in [3.63, 3.8) is 0 Å². The molecule has 0 saturated carbocycles. The van der Waals surface area contributed by atoms with E-state index in [0.29, 0.717) is 12.8 Å². The number of benzene rings is 1. The van der Waals surface area contributed by atoms with E-state index in [1.807, 2.05) is 24.3 Å². The topological polar surface area (TPSA) is 74.6 Å². The Bertz CT molecular complexity index is 425. The van der Waals surface area contributed by atoms with Crippen LogP contribution in [0.3, 0.4) is 0 Å². The predicted octanol–water partition coefficient (Wildman–Crippen LogP) is 1.33. The third kappa shape index (κ3) is 1.66. The number of aliphatic carboxylic acids is 2. The molecule has 2 N–H and O–H groups in total. The normalized spacial score (nSPS) is 16.8. The number of carboxylic acid groups (broad SMARTS) is 2. The number of fused-ring (bicyclic) bond motifs is 1. The molecule has 0 heterocycles. The van der Waals surface area contributed by atoms with Gasteiger partial charge >= 0.3 is 11.9 Å². The monoisotopic (exact) mass is 220 g/mol. The van der Waals surface area contributed by atoms with E-state index in [1.165, 1.54) is 0 Å². The van der Waals surface area contributed by atoms with Gasteiger partial charge < -0.3 is 10.2 Å². The summed E-state index contributed by atoms with van der Waals surface area (Å²) in [6.07, 6.45) is 0.298. The van der Waals surface area contributed by atoms with Crippen LogP contribution in [0.5, 0.6) is 0 Å². The minimum atomic E-state index is -1.16. The van der Waals surface area contributed by atoms with E-state index in [0.717, 1.165) is 11.1 Å². The zero-order chi connectivity index (χ0) is 11.8. The van der Waals surface area contributed by atoms with Gasteiger partial charge in [-0.3, -0.25) is 9.59 Å². The van der Waals surface area contributed by atoms with Crippen molar-refractivity contribution >= 4 is 11.9 Å². The second-order valence-corrected chi connectivity index (χ2v) is 4.28. The van der Waals surface area contributed by atoms with Gasteiger partial charge in [-0.2, -0.15) is 0 Å². The van der Waals surface area contributed by atoms with Crippen molar-refractivity contribution in [1.82, 2.24) is 0 Å². The molecule has 0 atom stereocenters. The van der Waals surface area contributed by atoms with Crippen LogP contribution in [-0.2, 0) is 22.4 Å². The Morgan fingerprint density at radius 1 is 1.12 bits per heavy atom. The van der Waals surface area contributed by atoms with Gasteiger partial charge in [0, 0.05) is 0 Å². The van der Waals surface area contributed by atoms with Crippen LogP contribution in [0.1, 0.15) is 17.5 Å². The fraction of sp³-hybridized carbons (Fsp3) is 0.333. The second-order valence-electron chi connectivity index (χ2n) is 4.28. The molecule has 4 heteroatoms. The van der Waals surface area contributed by atoms with Gasteiger partial charge in [0.05, 0.1) is 11.8 Å². The Morgan fingerprint density at radius 3 is 2.00 bits per heavy atom. The highest BCUT2D eigenvalue weighted by Gasteiger charge is 2.45. The summed E-state index contributed by atoms with van der Waals surface area (Å²) in [6, 6.07) is 7.42. The van der Waals surface area contributed by atoms with Crippen LogP contribution in [-0.4, -0.2) is 22.2 Å². The van der Waals surface area contributed by atoms with Gasteiger partial charge in [-0.15, -0.1) is 0 Å². The maximum atomic E-state index is 11.3. The standard InChI is InChI=1S/C12H12O4/c13-10(14)7-12(11(15)16)5-8-3-1-2-4-9(8)6-12/h1-4H,5-7H2,(H,13,14)(H,15,16). The summed E-state index contributed by atoms with van der Waals surface area (Å²) < 4.78 is 0. The Hall–Kier alpha value is -1.84. The Kier molecular flexibility index (Phi) is 2.42. The molecule has 0 fully saturated rings. The Balaban J connectivity index is 2.34. The van der Waals surface area contributed by atoms with Crippen LogP contribution >= 0.6 is 0 Å². The first-order chi connectivity index (χ1) is 7.53. The average Bonchev–Trinajstić information content (AvgIpc) is 2.55. The van der Waals surface area contributed by atoms with E-state index in [4.69, 9.17) is 5.11 Å². The zero-order valence-electron chi connectivity index (χ0n) is 8.64. The van der Waals surface area contributed by atoms with Crippen molar-refractivity contribution in [1.29, 1.82) is 0 Å². The van der Waals surface area contributed by atoms with E-state index in [2.05, 4.69) is 0 Å². The number of hydrogen-bond donors (Lipinski definition) is 2. The second kappa shape index (κ2) is 3.63. The smallest absolute Gasteiger partial charge is 0.310 e. The maximum absolute atomic E-state index is 11.3. The third-order valence-electron chi connectivity index (χ3n) is 3.12. The first kappa shape index (κ1) is 10.7. The fourth-order valence-corrected chi connectivity index (χ4v) is 2.34. The first-order valence-corrected chi connectivity index (χ1v) is 5.05. The molecule has 1 aliphatic rings. The van der Waals surface area contributed by atoms with Crippen molar-refractivity contribution in [2.24, 2.45) is 5.41 Å². The van der Waals surface area contributed by atoms with Crippen molar-refractivity contribution in [2.75, 3.05) is 0 Å². The zero-order valence-corrected chi connectivity index (χ0v) is 8.64. The summed E-state index contributed by atoms with van der Waals surface area (Å²) in [5.74, 6) is -2.08. The molecule has 0 spiro atoms. The summed E-state index contributed by atoms with van der Waals surface area (Å²) in [6.45, 7) is 0. The molecular weight excluding hydrogens is 208 g/mol. The van der Waals surface area contributed by atoms with E-state index >= 15 is 0 Å². The molecule has 0 bridgehead atoms. The van der Waals surface area contributed by atoms with E-state index in [9.17, 15) is 14.7 Å². The Morgan fingerprint density at radius 2 is 1.62 bits per heavy atom. The first-order valence-electron chi connectivity index (χ1n) is 5.05. The molecular formula is C12H12O4. The van der Waals surface area contributed by atoms with Gasteiger partial charge in [-0.25, -0.2) is 0 Å². The SMILES string of the molecule is O=C(O)CC1(C(=O)O)Cc2ccccc2C1. The number of hydrogen-bond acceptors (Lipinski definition) is 2. The van der Waals surface area contributed by atoms with Crippen molar-refractivity contribution < 1.29 is 19.8 Å². The molecule has 4 nitrogen and oxygen atoms in total. The van der Waals surface area contributed by atoms with Crippen LogP contribution in [0, 0.1) is 5.41 Å². The highest BCUT2D eigenvalue weighted by atomic mass is 16.4. The molecule has 2 rings (SSSR count). The lowest BCUT2D eigenvalue weighted by molar-refractivity contribution is -0.155. The van der Waals surface area contributed by atoms with Crippen molar-refractivity contribution in [3.8, 4) is 0 Å². The third-order valence-corrected chi connectivity index (χ3v) is 3.12. The van der Waals surface area contributed by atoms with Crippen LogP contribution in [0.4, 0.5) is 0 Å². The lowest BCUT2D eigenvalue weighted by atomic mass is 9.81. The molecule has 84 valence electrons. The van der Waals surface area contributed by atoms with E-state index in [-0.39, 0.29) is 6.42 Å². The molecule has 1 aromatic carbocycles. The van der Waals surface area contributed by atoms with E-state index in [1.54, 1.807) is 0 Å². The van der Waals surface area contributed by atoms with E-state index < -0.39 is 17.4 Å². The molecule has 16 heavy (non-hydrogen) atoms. The van der Waals surface area contributed by atoms with Gasteiger partial charge in [0.2, 0.25) is 0 Å². The molecule has 0 radical (unpaired) electrons. The number of carboxylic acids is 2. The fourth-order valence-electron chi connectivity index (χ4n) is 2.34. The molecule has 0 aromatic heterocycles. The summed E-state index contributed by atoms with van der Waals surface area (Å²) in [7, 11) is 0. The average molecular weight is 220 g/mol. The van der Waals surface area contributed by atoms with Crippen molar-refractivity contribution in [2.45, 2.75) is 19.3 Å². The predicted molar refractivity (Wildman–Crippen MR) is 56.2 cm³/mol. The number of carbonyl (C=O) groups is 2. The Labute approximate surface area is 92.5 Å². The molecule has 1 aliphatic carbocycles. The minimum Gasteiger partial charge on any atom is -0.481 e. The summed E-state index contributed by atoms with van der Waals surface area (Å²) in [5.41, 5.74) is 0.743. The van der Waals surface area contributed by atoms with Crippen molar-refractivity contribution in [3.05, 3.63) is 35.4 Å². The molecule has 0 saturated heterocycles. The van der Waals surface area contributed by atoms with Crippen LogP contribution in [0.15, 0.2) is 24.3 Å². The van der Waals surface area contributed by atoms with Gasteiger partial charge in [0.1, 0.15) is 0 Å². The molecule has 0 amide bonds. The van der Waals surface area contributed by atoms with Gasteiger partial charge in [-0.1, -0.05) is 24.3 Å². The summed E-state index contributed by atoms with van der Waals surface area (Å²) in [5, 5.41) is 18.0. The largest absolute Gasteiger partial charge is 0.481 e. The quantitative estimate of drug-likeness (QED) is 0.805. The number of rotatable bonds is 3. The maximum Gasteiger partial charge on any atom is 0.310 e. The molecule has 1 aromatic rings. The van der Waals surface area contributed by atoms with Gasteiger partial charge in [0.25, 0.3) is 0 Å². The van der Waals surface area contributed by atoms with Crippen LogP contribution < -0.4 is 0 Å². The highest BCUT2D eigenvalue weighted by Crippen LogP contribution is 2.39. The van der Waals surface area contributed by atoms with Gasteiger partial charge in [-0.05, 0) is 24.0 Å². The van der Waals surface area contributed by atoms with Crippen LogP contribution in [0.2, 0.25) is 0 Å². The minimum absolute atomic E-state index is 0.310. The highest BCUT2D eigenvalue weighted by molar-refractivity contribution is 5.83. The van der Waals surface area contributed by atoms with Crippen LogP contribution in [0.25, 0.3) is 0 Å².